The van der Waals surface area contributed by atoms with Gasteiger partial charge in [0.2, 0.25) is 5.91 Å². The number of imide groups is 1. The second kappa shape index (κ2) is 5.00. The molecule has 0 spiro atoms. The van der Waals surface area contributed by atoms with Gasteiger partial charge in [-0.25, -0.2) is 4.90 Å². The summed E-state index contributed by atoms with van der Waals surface area (Å²) in [6.45, 7) is 0.709. The van der Waals surface area contributed by atoms with Crippen LogP contribution in [0.4, 0.5) is 5.69 Å². The van der Waals surface area contributed by atoms with Crippen LogP contribution in [0.3, 0.4) is 0 Å². The molecular weight excluding hydrogens is 304 g/mol. The lowest BCUT2D eigenvalue weighted by atomic mass is 9.85. The highest BCUT2D eigenvalue weighted by Crippen LogP contribution is 2.48. The van der Waals surface area contributed by atoms with E-state index in [0.717, 1.165) is 12.0 Å². The highest BCUT2D eigenvalue weighted by molar-refractivity contribution is 6.23. The molecule has 5 nitrogen and oxygen atoms in total. The van der Waals surface area contributed by atoms with Crippen molar-refractivity contribution in [2.45, 2.75) is 18.6 Å². The van der Waals surface area contributed by atoms with Gasteiger partial charge in [-0.2, -0.15) is 5.06 Å². The van der Waals surface area contributed by atoms with Crippen LogP contribution >= 0.6 is 0 Å². The fourth-order valence-corrected chi connectivity index (χ4v) is 4.12. The monoisotopic (exact) mass is 320 g/mol. The van der Waals surface area contributed by atoms with Gasteiger partial charge < -0.3 is 0 Å². The molecule has 0 bridgehead atoms. The molecule has 3 heterocycles. The minimum Gasteiger partial charge on any atom is -0.284 e. The average Bonchev–Trinajstić information content (AvgIpc) is 3.12. The Balaban J connectivity index is 1.58. The number of fused-ring (bicyclic) bond motifs is 5. The molecule has 0 saturated carbocycles. The Hall–Kier alpha value is -2.50. The molecule has 2 aromatic carbocycles. The van der Waals surface area contributed by atoms with Gasteiger partial charge in [-0.3, -0.25) is 14.4 Å². The van der Waals surface area contributed by atoms with Crippen molar-refractivity contribution in [3.63, 3.8) is 0 Å². The number of anilines is 1. The van der Waals surface area contributed by atoms with Crippen LogP contribution in [0.1, 0.15) is 17.2 Å². The number of nitrogens with zero attached hydrogens (tertiary/aromatic N) is 2. The Bertz CT molecular complexity index is 836. The predicted octanol–water partition coefficient (Wildman–Crippen LogP) is 2.09. The number of carbonyl (C=O) groups is 2. The highest BCUT2D eigenvalue weighted by atomic mass is 16.7. The van der Waals surface area contributed by atoms with E-state index in [1.54, 1.807) is 12.1 Å². The average molecular weight is 320 g/mol. The summed E-state index contributed by atoms with van der Waals surface area (Å²) in [6, 6.07) is 17.0. The van der Waals surface area contributed by atoms with Gasteiger partial charge in [0.15, 0.2) is 6.10 Å². The molecule has 0 unspecified atom stereocenters. The minimum absolute atomic E-state index is 0.166. The Morgan fingerprint density at radius 2 is 1.67 bits per heavy atom. The molecule has 3 aliphatic heterocycles. The normalized spacial score (nSPS) is 28.7. The second-order valence-electron chi connectivity index (χ2n) is 6.43. The van der Waals surface area contributed by atoms with Crippen molar-refractivity contribution in [3.05, 3.63) is 65.7 Å². The van der Waals surface area contributed by atoms with Crippen molar-refractivity contribution < 1.29 is 14.4 Å². The van der Waals surface area contributed by atoms with Gasteiger partial charge >= 0.3 is 0 Å². The fourth-order valence-electron chi connectivity index (χ4n) is 4.12. The Morgan fingerprint density at radius 3 is 2.50 bits per heavy atom. The first-order valence-electron chi connectivity index (χ1n) is 8.20. The van der Waals surface area contributed by atoms with Crippen molar-refractivity contribution in [2.75, 3.05) is 11.4 Å². The van der Waals surface area contributed by atoms with Crippen LogP contribution in [0.5, 0.6) is 0 Å². The summed E-state index contributed by atoms with van der Waals surface area (Å²) in [6.07, 6.45) is 0.158. The molecule has 2 amide bonds. The number of para-hydroxylation sites is 1. The van der Waals surface area contributed by atoms with E-state index in [9.17, 15) is 9.59 Å². The molecule has 0 radical (unpaired) electrons. The molecule has 3 aliphatic rings. The molecule has 120 valence electrons. The Kier molecular flexibility index (Phi) is 2.89. The van der Waals surface area contributed by atoms with Gasteiger partial charge in [0.25, 0.3) is 5.91 Å². The zero-order chi connectivity index (χ0) is 16.3. The number of rotatable bonds is 1. The van der Waals surface area contributed by atoms with Gasteiger partial charge in [0.1, 0.15) is 0 Å². The summed E-state index contributed by atoms with van der Waals surface area (Å²) in [5.74, 6) is -0.900. The lowest BCUT2D eigenvalue weighted by molar-refractivity contribution is -0.174. The van der Waals surface area contributed by atoms with E-state index < -0.39 is 12.0 Å². The predicted molar refractivity (Wildman–Crippen MR) is 86.9 cm³/mol. The van der Waals surface area contributed by atoms with Crippen LogP contribution < -0.4 is 4.90 Å². The molecule has 24 heavy (non-hydrogen) atoms. The number of hydrogen-bond acceptors (Lipinski definition) is 4. The summed E-state index contributed by atoms with van der Waals surface area (Å²) < 4.78 is 0. The van der Waals surface area contributed by atoms with Crippen LogP contribution in [0.2, 0.25) is 0 Å². The van der Waals surface area contributed by atoms with E-state index in [-0.39, 0.29) is 17.9 Å². The third-order valence-corrected chi connectivity index (χ3v) is 5.18. The van der Waals surface area contributed by atoms with Crippen molar-refractivity contribution in [1.29, 1.82) is 0 Å². The van der Waals surface area contributed by atoms with E-state index in [0.29, 0.717) is 12.2 Å². The molecule has 0 aliphatic carbocycles. The highest BCUT2D eigenvalue weighted by Gasteiger charge is 2.60. The molecular formula is C19H16N2O3. The van der Waals surface area contributed by atoms with E-state index >= 15 is 0 Å². The third kappa shape index (κ3) is 1.76. The van der Waals surface area contributed by atoms with Crippen LogP contribution in [0, 0.1) is 5.92 Å². The molecule has 5 heteroatoms. The van der Waals surface area contributed by atoms with Gasteiger partial charge in [-0.15, -0.1) is 0 Å². The maximum absolute atomic E-state index is 13.1. The molecule has 0 aromatic heterocycles. The van der Waals surface area contributed by atoms with Crippen LogP contribution in [0.25, 0.3) is 0 Å². The van der Waals surface area contributed by atoms with Gasteiger partial charge in [-0.1, -0.05) is 42.5 Å². The molecule has 0 N–H and O–H groups in total. The summed E-state index contributed by atoms with van der Waals surface area (Å²) in [4.78, 5) is 33.1. The number of benzene rings is 2. The smallest absolute Gasteiger partial charge is 0.265 e. The van der Waals surface area contributed by atoms with E-state index in [1.165, 1.54) is 10.5 Å². The summed E-state index contributed by atoms with van der Waals surface area (Å²) in [7, 11) is 0. The van der Waals surface area contributed by atoms with E-state index in [4.69, 9.17) is 4.84 Å². The first-order chi connectivity index (χ1) is 11.8. The third-order valence-electron chi connectivity index (χ3n) is 5.18. The number of carbonyl (C=O) groups excluding carboxylic acids is 2. The van der Waals surface area contributed by atoms with E-state index in [2.05, 4.69) is 6.07 Å². The molecule has 2 aromatic rings. The largest absolute Gasteiger partial charge is 0.284 e. The summed E-state index contributed by atoms with van der Waals surface area (Å²) in [5, 5.41) is 1.83. The summed E-state index contributed by atoms with van der Waals surface area (Å²) >= 11 is 0. The first-order valence-corrected chi connectivity index (χ1v) is 8.20. The van der Waals surface area contributed by atoms with Crippen molar-refractivity contribution in [1.82, 2.24) is 5.06 Å². The fraction of sp³-hybridized carbons (Fsp3) is 0.263. The maximum Gasteiger partial charge on any atom is 0.265 e. The minimum atomic E-state index is -0.714. The summed E-state index contributed by atoms with van der Waals surface area (Å²) in [5.41, 5.74) is 2.95. The topological polar surface area (TPSA) is 49.9 Å². The Labute approximate surface area is 139 Å². The van der Waals surface area contributed by atoms with Crippen LogP contribution in [0.15, 0.2) is 54.6 Å². The SMILES string of the molecule is O=C1[C@H]2[C@H]3c4ccccc4CCN3O[C@H]2C(=O)N1c1ccccc1. The number of amides is 2. The standard InChI is InChI=1S/C19H16N2O3/c22-18-15-16-14-9-5-4-6-12(14)10-11-20(16)24-17(15)19(23)21(18)13-7-2-1-3-8-13/h1-9,15-17H,10-11H2/t15-,16+,17+/m0/s1. The molecule has 2 fully saturated rings. The van der Waals surface area contributed by atoms with Crippen LogP contribution in [-0.2, 0) is 20.8 Å². The first kappa shape index (κ1) is 13.9. The van der Waals surface area contributed by atoms with E-state index in [1.807, 2.05) is 41.5 Å². The van der Waals surface area contributed by atoms with Crippen molar-refractivity contribution >= 4 is 17.5 Å². The number of hydroxylamine groups is 2. The lowest BCUT2D eigenvalue weighted by Gasteiger charge is -2.32. The molecule has 5 rings (SSSR count). The maximum atomic E-state index is 13.1. The number of hydrogen-bond donors (Lipinski definition) is 0. The molecule has 3 atom stereocenters. The Morgan fingerprint density at radius 1 is 0.917 bits per heavy atom. The van der Waals surface area contributed by atoms with Gasteiger partial charge in [0, 0.05) is 6.54 Å². The molecule has 2 saturated heterocycles. The zero-order valence-electron chi connectivity index (χ0n) is 13.0. The van der Waals surface area contributed by atoms with Gasteiger partial charge in [0.05, 0.1) is 17.6 Å². The second-order valence-corrected chi connectivity index (χ2v) is 6.43. The zero-order valence-corrected chi connectivity index (χ0v) is 13.0. The van der Waals surface area contributed by atoms with Crippen molar-refractivity contribution in [2.24, 2.45) is 5.92 Å². The van der Waals surface area contributed by atoms with Gasteiger partial charge in [-0.05, 0) is 29.7 Å². The van der Waals surface area contributed by atoms with Crippen LogP contribution in [-0.4, -0.2) is 29.5 Å². The quantitative estimate of drug-likeness (QED) is 0.755. The van der Waals surface area contributed by atoms with Crippen molar-refractivity contribution in [3.8, 4) is 0 Å². The lowest BCUT2D eigenvalue weighted by Crippen LogP contribution is -2.39.